The Morgan fingerprint density at radius 1 is 1.13 bits per heavy atom. The fourth-order valence-electron chi connectivity index (χ4n) is 4.05. The van der Waals surface area contributed by atoms with E-state index in [0.717, 1.165) is 29.1 Å². The highest BCUT2D eigenvalue weighted by Gasteiger charge is 2.26. The molecular formula is C23H23N3O3S. The molecular weight excluding hydrogens is 398 g/mol. The van der Waals surface area contributed by atoms with Gasteiger partial charge in [-0.25, -0.2) is 4.98 Å². The van der Waals surface area contributed by atoms with Crippen molar-refractivity contribution >= 4 is 43.6 Å². The summed E-state index contributed by atoms with van der Waals surface area (Å²) in [5, 5.41) is 1.90. The molecule has 1 aliphatic heterocycles. The smallest absolute Gasteiger partial charge is 0.289 e. The summed E-state index contributed by atoms with van der Waals surface area (Å²) in [5.41, 5.74) is 4.16. The van der Waals surface area contributed by atoms with Crippen LogP contribution in [0, 0.1) is 13.8 Å². The zero-order valence-electron chi connectivity index (χ0n) is 17.3. The summed E-state index contributed by atoms with van der Waals surface area (Å²) in [7, 11) is 1.60. The number of carbonyl (C=O) groups excluding carboxylic acids is 1. The number of thiazole rings is 1. The van der Waals surface area contributed by atoms with Crippen LogP contribution >= 0.6 is 11.3 Å². The van der Waals surface area contributed by atoms with Crippen molar-refractivity contribution in [1.29, 1.82) is 0 Å². The van der Waals surface area contributed by atoms with E-state index in [1.54, 1.807) is 24.5 Å². The number of rotatable bonds is 3. The minimum atomic E-state index is -0.0799. The monoisotopic (exact) mass is 421 g/mol. The number of aryl methyl sites for hydroxylation is 2. The molecule has 0 radical (unpaired) electrons. The maximum absolute atomic E-state index is 13.0. The third-order valence-corrected chi connectivity index (χ3v) is 6.66. The molecule has 0 bridgehead atoms. The van der Waals surface area contributed by atoms with Gasteiger partial charge in [0.25, 0.3) is 5.91 Å². The molecule has 1 amide bonds. The Balaban J connectivity index is 1.32. The van der Waals surface area contributed by atoms with Gasteiger partial charge in [-0.3, -0.25) is 4.79 Å². The van der Waals surface area contributed by atoms with Gasteiger partial charge in [-0.05, 0) is 43.2 Å². The maximum atomic E-state index is 13.0. The fourth-order valence-corrected chi connectivity index (χ4v) is 5.25. The number of piperazine rings is 1. The molecule has 0 saturated carbocycles. The SMILES string of the molecule is COc1cccc2cc(C(=O)N3CCN(c4nc5c(C)cc(C)cc5s4)CC3)oc12. The van der Waals surface area contributed by atoms with E-state index in [4.69, 9.17) is 14.1 Å². The number of furan rings is 1. The van der Waals surface area contributed by atoms with Crippen molar-refractivity contribution < 1.29 is 13.9 Å². The quantitative estimate of drug-likeness (QED) is 0.483. The zero-order chi connectivity index (χ0) is 20.8. The minimum Gasteiger partial charge on any atom is -0.493 e. The Morgan fingerprint density at radius 3 is 2.70 bits per heavy atom. The fraction of sp³-hybridized carbons (Fsp3) is 0.304. The highest BCUT2D eigenvalue weighted by Crippen LogP contribution is 2.33. The Labute approximate surface area is 178 Å². The van der Waals surface area contributed by atoms with Gasteiger partial charge in [0.2, 0.25) is 0 Å². The highest BCUT2D eigenvalue weighted by molar-refractivity contribution is 7.22. The number of benzene rings is 2. The molecule has 1 fully saturated rings. The second kappa shape index (κ2) is 7.32. The first-order chi connectivity index (χ1) is 14.5. The molecule has 6 nitrogen and oxygen atoms in total. The lowest BCUT2D eigenvalue weighted by atomic mass is 10.1. The molecule has 0 atom stereocenters. The lowest BCUT2D eigenvalue weighted by Crippen LogP contribution is -2.48. The van der Waals surface area contributed by atoms with E-state index in [1.165, 1.54) is 15.8 Å². The molecule has 4 aromatic rings. The number of methoxy groups -OCH3 is 1. The van der Waals surface area contributed by atoms with Gasteiger partial charge < -0.3 is 19.0 Å². The van der Waals surface area contributed by atoms with Gasteiger partial charge in [-0.15, -0.1) is 0 Å². The van der Waals surface area contributed by atoms with Crippen molar-refractivity contribution in [3.05, 3.63) is 53.3 Å². The van der Waals surface area contributed by atoms with E-state index in [2.05, 4.69) is 30.9 Å². The number of anilines is 1. The van der Waals surface area contributed by atoms with Gasteiger partial charge in [0, 0.05) is 31.6 Å². The van der Waals surface area contributed by atoms with E-state index in [0.29, 0.717) is 30.2 Å². The first-order valence-corrected chi connectivity index (χ1v) is 10.8. The summed E-state index contributed by atoms with van der Waals surface area (Å²) < 4.78 is 12.4. The van der Waals surface area contributed by atoms with E-state index in [-0.39, 0.29) is 5.91 Å². The van der Waals surface area contributed by atoms with Crippen LogP contribution < -0.4 is 9.64 Å². The van der Waals surface area contributed by atoms with Crippen molar-refractivity contribution in [3.8, 4) is 5.75 Å². The summed E-state index contributed by atoms with van der Waals surface area (Å²) in [6, 6.07) is 11.8. The number of hydrogen-bond acceptors (Lipinski definition) is 6. The van der Waals surface area contributed by atoms with E-state index < -0.39 is 0 Å². The van der Waals surface area contributed by atoms with Crippen LogP contribution in [-0.2, 0) is 0 Å². The molecule has 0 unspecified atom stereocenters. The number of hydrogen-bond donors (Lipinski definition) is 0. The molecule has 154 valence electrons. The van der Waals surface area contributed by atoms with Crippen molar-refractivity contribution in [2.45, 2.75) is 13.8 Å². The Hall–Kier alpha value is -3.06. The van der Waals surface area contributed by atoms with E-state index in [9.17, 15) is 4.79 Å². The van der Waals surface area contributed by atoms with Crippen LogP contribution in [0.4, 0.5) is 5.13 Å². The van der Waals surface area contributed by atoms with Gasteiger partial charge in [-0.1, -0.05) is 29.5 Å². The lowest BCUT2D eigenvalue weighted by Gasteiger charge is -2.34. The third kappa shape index (κ3) is 3.19. The van der Waals surface area contributed by atoms with Crippen LogP contribution in [-0.4, -0.2) is 49.1 Å². The summed E-state index contributed by atoms with van der Waals surface area (Å²) in [6.45, 7) is 7.02. The van der Waals surface area contributed by atoms with Crippen LogP contribution in [0.25, 0.3) is 21.2 Å². The van der Waals surface area contributed by atoms with Crippen LogP contribution in [0.1, 0.15) is 21.7 Å². The summed E-state index contributed by atoms with van der Waals surface area (Å²) in [4.78, 5) is 22.0. The first-order valence-electron chi connectivity index (χ1n) is 10.0. The summed E-state index contributed by atoms with van der Waals surface area (Å²) in [5.74, 6) is 0.912. The molecule has 30 heavy (non-hydrogen) atoms. The molecule has 2 aromatic carbocycles. The van der Waals surface area contributed by atoms with Crippen molar-refractivity contribution in [3.63, 3.8) is 0 Å². The predicted octanol–water partition coefficient (Wildman–Crippen LogP) is 4.63. The molecule has 0 spiro atoms. The van der Waals surface area contributed by atoms with Crippen LogP contribution in [0.15, 0.2) is 40.8 Å². The zero-order valence-corrected chi connectivity index (χ0v) is 18.1. The standard InChI is InChI=1S/C23H23N3O3S/c1-14-11-15(2)20-19(12-14)30-23(24-20)26-9-7-25(8-10-26)22(27)18-13-16-5-4-6-17(28-3)21(16)29-18/h4-6,11-13H,7-10H2,1-3H3. The summed E-state index contributed by atoms with van der Waals surface area (Å²) in [6.07, 6.45) is 0. The van der Waals surface area contributed by atoms with Crippen molar-refractivity contribution in [2.75, 3.05) is 38.2 Å². The number of ether oxygens (including phenoxy) is 1. The largest absolute Gasteiger partial charge is 0.493 e. The molecule has 7 heteroatoms. The summed E-state index contributed by atoms with van der Waals surface area (Å²) >= 11 is 1.72. The lowest BCUT2D eigenvalue weighted by molar-refractivity contribution is 0.0717. The number of aromatic nitrogens is 1. The highest BCUT2D eigenvalue weighted by atomic mass is 32.1. The first kappa shape index (κ1) is 18.9. The molecule has 0 aliphatic carbocycles. The topological polar surface area (TPSA) is 58.8 Å². The van der Waals surface area contributed by atoms with E-state index in [1.807, 2.05) is 23.1 Å². The predicted molar refractivity (Wildman–Crippen MR) is 120 cm³/mol. The average molecular weight is 422 g/mol. The molecule has 5 rings (SSSR count). The molecule has 1 saturated heterocycles. The number of amides is 1. The Bertz CT molecular complexity index is 1250. The van der Waals surface area contributed by atoms with Gasteiger partial charge in [-0.2, -0.15) is 0 Å². The minimum absolute atomic E-state index is 0.0799. The van der Waals surface area contributed by atoms with Crippen molar-refractivity contribution in [1.82, 2.24) is 9.88 Å². The van der Waals surface area contributed by atoms with Gasteiger partial charge in [0.15, 0.2) is 22.2 Å². The Morgan fingerprint density at radius 2 is 1.93 bits per heavy atom. The average Bonchev–Trinajstić information content (AvgIpc) is 3.37. The van der Waals surface area contributed by atoms with Gasteiger partial charge >= 0.3 is 0 Å². The Kier molecular flexibility index (Phi) is 4.62. The van der Waals surface area contributed by atoms with Crippen LogP contribution in [0.3, 0.4) is 0 Å². The molecule has 3 heterocycles. The maximum Gasteiger partial charge on any atom is 0.289 e. The third-order valence-electron chi connectivity index (χ3n) is 5.59. The second-order valence-corrected chi connectivity index (χ2v) is 8.70. The molecule has 2 aromatic heterocycles. The van der Waals surface area contributed by atoms with Gasteiger partial charge in [0.05, 0.1) is 17.3 Å². The second-order valence-electron chi connectivity index (χ2n) is 7.69. The number of nitrogens with zero attached hydrogens (tertiary/aromatic N) is 3. The molecule has 0 N–H and O–H groups in total. The number of carbonyl (C=O) groups is 1. The van der Waals surface area contributed by atoms with Crippen molar-refractivity contribution in [2.24, 2.45) is 0 Å². The van der Waals surface area contributed by atoms with Crippen LogP contribution in [0.5, 0.6) is 5.75 Å². The number of para-hydroxylation sites is 1. The molecule has 1 aliphatic rings. The normalized spacial score (nSPS) is 14.6. The van der Waals surface area contributed by atoms with E-state index >= 15 is 0 Å². The number of fused-ring (bicyclic) bond motifs is 2. The van der Waals surface area contributed by atoms with Crippen LogP contribution in [0.2, 0.25) is 0 Å². The van der Waals surface area contributed by atoms with Gasteiger partial charge in [0.1, 0.15) is 0 Å².